The van der Waals surface area contributed by atoms with E-state index in [0.717, 1.165) is 16.8 Å². The molecule has 11 heteroatoms. The first-order valence-corrected chi connectivity index (χ1v) is 13.8. The first kappa shape index (κ1) is 31.0. The van der Waals surface area contributed by atoms with Crippen molar-refractivity contribution in [3.63, 3.8) is 0 Å². The van der Waals surface area contributed by atoms with Gasteiger partial charge in [-0.25, -0.2) is 0 Å². The molecular weight excluding hydrogens is 553 g/mol. The van der Waals surface area contributed by atoms with Crippen LogP contribution in [0.25, 0.3) is 0 Å². The van der Waals surface area contributed by atoms with E-state index in [2.05, 4.69) is 20.1 Å². The van der Waals surface area contributed by atoms with Crippen molar-refractivity contribution in [3.05, 3.63) is 93.5 Å². The molecule has 1 aliphatic rings. The van der Waals surface area contributed by atoms with E-state index in [1.54, 1.807) is 30.3 Å². The highest BCUT2D eigenvalue weighted by atomic mass is 35.5. The minimum absolute atomic E-state index is 0.00705. The molecule has 214 valence electrons. The number of ether oxygens (including phenoxy) is 1. The van der Waals surface area contributed by atoms with Gasteiger partial charge in [0.15, 0.2) is 5.84 Å². The fraction of sp³-hybridized carbons (Fsp3) is 0.310. The fourth-order valence-electron chi connectivity index (χ4n) is 4.50. The predicted molar refractivity (Wildman–Crippen MR) is 161 cm³/mol. The molecule has 0 amide bonds. The highest BCUT2D eigenvalue weighted by Gasteiger charge is 2.30. The van der Waals surface area contributed by atoms with Crippen LogP contribution < -0.4 is 15.4 Å². The second-order valence-electron chi connectivity index (χ2n) is 8.79. The number of hydrogen-bond donors (Lipinski definition) is 4. The summed E-state index contributed by atoms with van der Waals surface area (Å²) in [6.07, 6.45) is 0. The Morgan fingerprint density at radius 2 is 1.62 bits per heavy atom. The number of oxime groups is 2. The van der Waals surface area contributed by atoms with Crippen molar-refractivity contribution >= 4 is 40.4 Å². The van der Waals surface area contributed by atoms with Gasteiger partial charge in [-0.15, -0.1) is 0 Å². The third kappa shape index (κ3) is 7.79. The van der Waals surface area contributed by atoms with Crippen LogP contribution in [-0.4, -0.2) is 71.4 Å². The van der Waals surface area contributed by atoms with Crippen LogP contribution in [0, 0.1) is 0 Å². The average Bonchev–Trinajstić information content (AvgIpc) is 3.00. The standard InChI is InChI=1S/C27H29Cl2N5O4.C2H6/c28-21-7-5-19(6-8-21)26-17-33(16-24(31-36)18-1-3-20(4-2-18)27(30)32-37)11-12-34(26)25-10-9-22(15-23(25)29)38-14-13-35;1-2/h1-10,15,26,35-37H,11-14,16-17H2,(H2,30,32);1-2H3/b31-24+;/t26-;/m0./s1. The number of hydrogen-bond acceptors (Lipinski definition) is 8. The number of rotatable bonds is 9. The van der Waals surface area contributed by atoms with Gasteiger partial charge < -0.3 is 30.9 Å². The van der Waals surface area contributed by atoms with E-state index < -0.39 is 0 Å². The minimum atomic E-state index is -0.0752. The first-order chi connectivity index (χ1) is 19.4. The van der Waals surface area contributed by atoms with E-state index in [0.29, 0.717) is 53.2 Å². The molecule has 5 N–H and O–H groups in total. The maximum absolute atomic E-state index is 9.81. The van der Waals surface area contributed by atoms with Gasteiger partial charge in [0.25, 0.3) is 0 Å². The summed E-state index contributed by atoms with van der Waals surface area (Å²) in [6.45, 7) is 6.55. The Balaban J connectivity index is 0.00000216. The van der Waals surface area contributed by atoms with Crippen molar-refractivity contribution in [1.29, 1.82) is 0 Å². The van der Waals surface area contributed by atoms with Gasteiger partial charge >= 0.3 is 0 Å². The summed E-state index contributed by atoms with van der Waals surface area (Å²) in [4.78, 5) is 4.47. The second kappa shape index (κ2) is 15.3. The number of amidine groups is 1. The van der Waals surface area contributed by atoms with E-state index in [9.17, 15) is 5.21 Å². The third-order valence-electron chi connectivity index (χ3n) is 6.42. The van der Waals surface area contributed by atoms with Crippen molar-refractivity contribution in [2.24, 2.45) is 16.0 Å². The Morgan fingerprint density at radius 1 is 0.950 bits per heavy atom. The number of aliphatic hydroxyl groups excluding tert-OH is 1. The predicted octanol–water partition coefficient (Wildman–Crippen LogP) is 5.23. The van der Waals surface area contributed by atoms with Crippen molar-refractivity contribution in [2.75, 3.05) is 44.3 Å². The Kier molecular flexibility index (Phi) is 11.9. The maximum Gasteiger partial charge on any atom is 0.170 e. The highest BCUT2D eigenvalue weighted by Crippen LogP contribution is 2.37. The first-order valence-electron chi connectivity index (χ1n) is 13.0. The molecule has 0 aromatic heterocycles. The van der Waals surface area contributed by atoms with E-state index in [1.165, 1.54) is 0 Å². The van der Waals surface area contributed by atoms with Crippen LogP contribution in [0.15, 0.2) is 77.0 Å². The van der Waals surface area contributed by atoms with Gasteiger partial charge in [-0.3, -0.25) is 4.90 Å². The molecular formula is C29H35Cl2N5O4. The lowest BCUT2D eigenvalue weighted by atomic mass is 10.00. The zero-order valence-electron chi connectivity index (χ0n) is 22.5. The molecule has 3 aromatic carbocycles. The highest BCUT2D eigenvalue weighted by molar-refractivity contribution is 6.33. The fourth-order valence-corrected chi connectivity index (χ4v) is 4.90. The molecule has 3 aromatic rings. The lowest BCUT2D eigenvalue weighted by molar-refractivity contribution is 0.201. The van der Waals surface area contributed by atoms with Gasteiger partial charge in [-0.1, -0.05) is 83.8 Å². The molecule has 0 aliphatic carbocycles. The van der Waals surface area contributed by atoms with Gasteiger partial charge in [0.2, 0.25) is 0 Å². The molecule has 9 nitrogen and oxygen atoms in total. The van der Waals surface area contributed by atoms with Crippen molar-refractivity contribution in [3.8, 4) is 5.75 Å². The zero-order chi connectivity index (χ0) is 29.1. The van der Waals surface area contributed by atoms with E-state index >= 15 is 0 Å². The Hall–Kier alpha value is -3.50. The second-order valence-corrected chi connectivity index (χ2v) is 9.63. The lowest BCUT2D eigenvalue weighted by Crippen LogP contribution is -2.50. The smallest absolute Gasteiger partial charge is 0.170 e. The van der Waals surface area contributed by atoms with Crippen LogP contribution in [0.3, 0.4) is 0 Å². The molecule has 0 spiro atoms. The average molecular weight is 589 g/mol. The van der Waals surface area contributed by atoms with Crippen molar-refractivity contribution in [1.82, 2.24) is 4.90 Å². The molecule has 1 aliphatic heterocycles. The van der Waals surface area contributed by atoms with Gasteiger partial charge in [0.1, 0.15) is 18.1 Å². The monoisotopic (exact) mass is 587 g/mol. The van der Waals surface area contributed by atoms with Crippen LogP contribution in [-0.2, 0) is 0 Å². The van der Waals surface area contributed by atoms with Crippen LogP contribution >= 0.6 is 23.2 Å². The van der Waals surface area contributed by atoms with Gasteiger partial charge in [0.05, 0.1) is 23.4 Å². The molecule has 0 saturated carbocycles. The number of nitrogens with two attached hydrogens (primary N) is 1. The van der Waals surface area contributed by atoms with Crippen molar-refractivity contribution in [2.45, 2.75) is 19.9 Å². The van der Waals surface area contributed by atoms with Crippen molar-refractivity contribution < 1.29 is 20.3 Å². The number of piperazine rings is 1. The van der Waals surface area contributed by atoms with Crippen LogP contribution in [0.4, 0.5) is 5.69 Å². The molecule has 40 heavy (non-hydrogen) atoms. The minimum Gasteiger partial charge on any atom is -0.491 e. The molecule has 1 atom stereocenters. The van der Waals surface area contributed by atoms with Gasteiger partial charge in [-0.05, 0) is 29.8 Å². The lowest BCUT2D eigenvalue weighted by Gasteiger charge is -2.43. The Morgan fingerprint density at radius 3 is 2.23 bits per heavy atom. The summed E-state index contributed by atoms with van der Waals surface area (Å²) >= 11 is 12.8. The van der Waals surface area contributed by atoms with E-state index in [4.69, 9.17) is 44.0 Å². The van der Waals surface area contributed by atoms with Gasteiger partial charge in [0, 0.05) is 48.4 Å². The summed E-state index contributed by atoms with van der Waals surface area (Å²) in [5.74, 6) is 0.601. The SMILES string of the molecule is CC.N/C(=N/O)c1ccc(/C(CN2CCN(c3ccc(OCCO)cc3Cl)[C@H](c3ccc(Cl)cc3)C2)=N/O)cc1. The largest absolute Gasteiger partial charge is 0.491 e. The topological polar surface area (TPSA) is 127 Å². The van der Waals surface area contributed by atoms with Crippen LogP contribution in [0.5, 0.6) is 5.75 Å². The molecule has 0 unspecified atom stereocenters. The molecule has 1 saturated heterocycles. The third-order valence-corrected chi connectivity index (χ3v) is 6.98. The van der Waals surface area contributed by atoms with E-state index in [-0.39, 0.29) is 25.1 Å². The van der Waals surface area contributed by atoms with Gasteiger partial charge in [-0.2, -0.15) is 0 Å². The number of anilines is 1. The number of halogens is 2. The molecule has 0 bridgehead atoms. The quantitative estimate of drug-likeness (QED) is 0.117. The molecule has 1 fully saturated rings. The zero-order valence-corrected chi connectivity index (χ0v) is 24.1. The summed E-state index contributed by atoms with van der Waals surface area (Å²) < 4.78 is 5.51. The number of aliphatic hydroxyl groups is 1. The Bertz CT molecular complexity index is 1290. The maximum atomic E-state index is 9.81. The Labute approximate surface area is 244 Å². The molecule has 0 radical (unpaired) electrons. The van der Waals surface area contributed by atoms with E-state index in [1.807, 2.05) is 50.2 Å². The summed E-state index contributed by atoms with van der Waals surface area (Å²) in [6, 6.07) is 20.2. The number of benzene rings is 3. The summed E-state index contributed by atoms with van der Waals surface area (Å²) in [5, 5.41) is 35.5. The normalized spacial score (nSPS) is 16.3. The molecule has 1 heterocycles. The number of nitrogens with zero attached hydrogens (tertiary/aromatic N) is 4. The molecule has 4 rings (SSSR count). The summed E-state index contributed by atoms with van der Waals surface area (Å²) in [7, 11) is 0. The van der Waals surface area contributed by atoms with Crippen LogP contribution in [0.1, 0.15) is 36.6 Å². The summed E-state index contributed by atoms with van der Waals surface area (Å²) in [5.41, 5.74) is 9.40. The van der Waals surface area contributed by atoms with Crippen LogP contribution in [0.2, 0.25) is 10.0 Å².